The van der Waals surface area contributed by atoms with Crippen LogP contribution in [0.4, 0.5) is 0 Å². The molecule has 0 radical (unpaired) electrons. The number of ether oxygens (including phenoxy) is 3. The number of unbranched alkanes of at least 4 members (excludes halogenated alkanes) is 2. The summed E-state index contributed by atoms with van der Waals surface area (Å²) in [6, 6.07) is 0. The van der Waals surface area contributed by atoms with Gasteiger partial charge in [0, 0.05) is 17.4 Å². The van der Waals surface area contributed by atoms with Crippen molar-refractivity contribution in [2.24, 2.45) is 0 Å². The van der Waals surface area contributed by atoms with Crippen molar-refractivity contribution in [2.75, 3.05) is 19.8 Å². The third kappa shape index (κ3) is 6.76. The minimum absolute atomic E-state index is 0.122. The lowest BCUT2D eigenvalue weighted by Gasteiger charge is -2.24. The Morgan fingerprint density at radius 2 is 2.22 bits per heavy atom. The Labute approximate surface area is 143 Å². The van der Waals surface area contributed by atoms with E-state index >= 15 is 0 Å². The quantitative estimate of drug-likeness (QED) is 0.479. The van der Waals surface area contributed by atoms with Crippen LogP contribution in [0.3, 0.4) is 0 Å². The molecule has 1 aliphatic heterocycles. The van der Waals surface area contributed by atoms with E-state index in [-0.39, 0.29) is 12.2 Å². The molecular weight excluding hydrogens is 340 g/mol. The Morgan fingerprint density at radius 1 is 1.39 bits per heavy atom. The minimum Gasteiger partial charge on any atom is -0.485 e. The fourth-order valence-electron chi connectivity index (χ4n) is 2.35. The smallest absolute Gasteiger partial charge is 0.302 e. The summed E-state index contributed by atoms with van der Waals surface area (Å²) in [6.07, 6.45) is 4.17. The Hall–Kier alpha value is -0.670. The molecule has 1 aromatic heterocycles. The van der Waals surface area contributed by atoms with E-state index in [0.29, 0.717) is 26.2 Å². The summed E-state index contributed by atoms with van der Waals surface area (Å²) in [4.78, 5) is 0. The van der Waals surface area contributed by atoms with Gasteiger partial charge in [-0.15, -0.1) is 11.3 Å². The predicted octanol–water partition coefficient (Wildman–Crippen LogP) is 3.40. The third-order valence-corrected chi connectivity index (χ3v) is 4.68. The van der Waals surface area contributed by atoms with Crippen molar-refractivity contribution < 1.29 is 27.2 Å². The molecule has 0 spiro atoms. The van der Waals surface area contributed by atoms with Crippen LogP contribution < -0.4 is 9.47 Å². The lowest BCUT2D eigenvalue weighted by Crippen LogP contribution is -2.33. The van der Waals surface area contributed by atoms with E-state index in [1.54, 1.807) is 11.3 Å². The fourth-order valence-corrected chi connectivity index (χ4v) is 3.45. The van der Waals surface area contributed by atoms with Crippen LogP contribution in [0.15, 0.2) is 10.8 Å². The maximum Gasteiger partial charge on any atom is 0.302 e. The Bertz CT molecular complexity index is 478. The summed E-state index contributed by atoms with van der Waals surface area (Å²) in [5, 5.41) is 3.83. The highest BCUT2D eigenvalue weighted by atomic mass is 32.2. The van der Waals surface area contributed by atoms with Crippen molar-refractivity contribution >= 4 is 22.7 Å². The van der Waals surface area contributed by atoms with Crippen LogP contribution in [0.5, 0.6) is 11.5 Å². The van der Waals surface area contributed by atoms with Gasteiger partial charge in [0.05, 0.1) is 12.7 Å². The van der Waals surface area contributed by atoms with Gasteiger partial charge in [0.25, 0.3) is 0 Å². The van der Waals surface area contributed by atoms with Crippen LogP contribution >= 0.6 is 11.3 Å². The van der Waals surface area contributed by atoms with E-state index in [1.807, 2.05) is 10.8 Å². The molecule has 0 saturated heterocycles. The summed E-state index contributed by atoms with van der Waals surface area (Å²) in [5.41, 5.74) is 0. The van der Waals surface area contributed by atoms with Crippen molar-refractivity contribution in [3.05, 3.63) is 10.8 Å². The average molecular weight is 364 g/mol. The molecule has 1 aromatic rings. The maximum absolute atomic E-state index is 10.8. The molecule has 0 aliphatic carbocycles. The van der Waals surface area contributed by atoms with Crippen LogP contribution in [0.2, 0.25) is 0 Å². The van der Waals surface area contributed by atoms with Crippen LogP contribution in [-0.2, 0) is 20.3 Å². The van der Waals surface area contributed by atoms with Crippen LogP contribution in [-0.4, -0.2) is 40.8 Å². The zero-order chi connectivity index (χ0) is 16.5. The average Bonchev–Trinajstić information content (AvgIpc) is 2.98. The predicted molar refractivity (Wildman–Crippen MR) is 89.5 cm³/mol. The van der Waals surface area contributed by atoms with Gasteiger partial charge in [-0.2, -0.15) is 4.21 Å². The molecule has 23 heavy (non-hydrogen) atoms. The van der Waals surface area contributed by atoms with Crippen LogP contribution in [0, 0.1) is 0 Å². The summed E-state index contributed by atoms with van der Waals surface area (Å²) in [5.74, 6) is 1.56. The van der Waals surface area contributed by atoms with Crippen molar-refractivity contribution in [3.63, 3.8) is 0 Å². The lowest BCUT2D eigenvalue weighted by molar-refractivity contribution is 0.00149. The largest absolute Gasteiger partial charge is 0.485 e. The highest BCUT2D eigenvalue weighted by Gasteiger charge is 2.22. The second kappa shape index (κ2) is 10.2. The molecule has 8 heteroatoms. The molecule has 0 amide bonds. The molecular formula is C15H24O6S2. The van der Waals surface area contributed by atoms with Gasteiger partial charge >= 0.3 is 11.4 Å². The van der Waals surface area contributed by atoms with E-state index < -0.39 is 11.4 Å². The molecule has 0 saturated carbocycles. The van der Waals surface area contributed by atoms with E-state index in [2.05, 4.69) is 6.92 Å². The van der Waals surface area contributed by atoms with Gasteiger partial charge in [-0.25, -0.2) is 0 Å². The second-order valence-electron chi connectivity index (χ2n) is 5.45. The van der Waals surface area contributed by atoms with E-state index in [0.717, 1.165) is 37.2 Å². The second-order valence-corrected chi connectivity index (χ2v) is 6.82. The number of hydrogen-bond acceptors (Lipinski definition) is 6. The first kappa shape index (κ1) is 18.7. The molecule has 2 rings (SSSR count). The molecule has 0 aromatic carbocycles. The fraction of sp³-hybridized carbons (Fsp3) is 0.733. The normalized spacial score (nSPS) is 19.5. The highest BCUT2D eigenvalue weighted by molar-refractivity contribution is 7.74. The SMILES string of the molecule is CCCCCC(CCOCC1COc2cscc2O1)OS(=O)O. The Balaban J connectivity index is 1.63. The Morgan fingerprint density at radius 3 is 3.00 bits per heavy atom. The van der Waals surface area contributed by atoms with Gasteiger partial charge in [0.2, 0.25) is 0 Å². The minimum atomic E-state index is -2.23. The van der Waals surface area contributed by atoms with Gasteiger partial charge in [-0.1, -0.05) is 26.2 Å². The molecule has 0 bridgehead atoms. The summed E-state index contributed by atoms with van der Waals surface area (Å²) < 4.78 is 41.7. The molecule has 1 aliphatic rings. The molecule has 3 atom stereocenters. The molecule has 2 heterocycles. The van der Waals surface area contributed by atoms with E-state index in [9.17, 15) is 4.21 Å². The Kier molecular flexibility index (Phi) is 8.32. The summed E-state index contributed by atoms with van der Waals surface area (Å²) in [6.45, 7) is 3.48. The molecule has 0 fully saturated rings. The van der Waals surface area contributed by atoms with Gasteiger partial charge in [0.1, 0.15) is 6.61 Å². The topological polar surface area (TPSA) is 74.2 Å². The number of hydrogen-bond donors (Lipinski definition) is 1. The first-order chi connectivity index (χ1) is 11.2. The standard InChI is InChI=1S/C15H24O6S2/c1-2-3-4-5-12(21-23(16)17)6-7-18-8-13-9-19-14-10-22-11-15(14)20-13/h10-13H,2-9H2,1H3,(H,16,17). The van der Waals surface area contributed by atoms with Gasteiger partial charge in [-0.3, -0.25) is 8.74 Å². The van der Waals surface area contributed by atoms with Gasteiger partial charge < -0.3 is 14.2 Å². The zero-order valence-electron chi connectivity index (χ0n) is 13.3. The molecule has 1 N–H and O–H groups in total. The van der Waals surface area contributed by atoms with Crippen molar-refractivity contribution in [1.29, 1.82) is 0 Å². The van der Waals surface area contributed by atoms with E-state index in [1.165, 1.54) is 0 Å². The molecule has 3 unspecified atom stereocenters. The number of thiophene rings is 1. The summed E-state index contributed by atoms with van der Waals surface area (Å²) in [7, 11) is 0. The first-order valence-electron chi connectivity index (χ1n) is 7.90. The van der Waals surface area contributed by atoms with Crippen molar-refractivity contribution in [1.82, 2.24) is 0 Å². The van der Waals surface area contributed by atoms with Crippen molar-refractivity contribution in [3.8, 4) is 11.5 Å². The van der Waals surface area contributed by atoms with Crippen molar-refractivity contribution in [2.45, 2.75) is 51.2 Å². The lowest BCUT2D eigenvalue weighted by atomic mass is 10.1. The third-order valence-electron chi connectivity index (χ3n) is 3.55. The maximum atomic E-state index is 10.8. The number of rotatable bonds is 11. The molecule has 6 nitrogen and oxygen atoms in total. The van der Waals surface area contributed by atoms with E-state index in [4.69, 9.17) is 22.9 Å². The molecule has 132 valence electrons. The van der Waals surface area contributed by atoms with Crippen LogP contribution in [0.25, 0.3) is 0 Å². The van der Waals surface area contributed by atoms with Gasteiger partial charge in [0.15, 0.2) is 17.6 Å². The number of fused-ring (bicyclic) bond motifs is 1. The van der Waals surface area contributed by atoms with Gasteiger partial charge in [-0.05, 0) is 12.8 Å². The van der Waals surface area contributed by atoms with Crippen LogP contribution in [0.1, 0.15) is 39.0 Å². The highest BCUT2D eigenvalue weighted by Crippen LogP contribution is 2.35. The summed E-state index contributed by atoms with van der Waals surface area (Å²) >= 11 is -0.685. The monoisotopic (exact) mass is 364 g/mol. The zero-order valence-corrected chi connectivity index (χ0v) is 14.9. The first-order valence-corrected chi connectivity index (χ1v) is 9.88.